The first-order valence-electron chi connectivity index (χ1n) is 10.9. The smallest absolute Gasteiger partial charge is 0.252 e. The average molecular weight is 458 g/mol. The Balaban J connectivity index is 1.77. The van der Waals surface area contributed by atoms with E-state index in [2.05, 4.69) is 5.32 Å². The molecule has 32 heavy (non-hydrogen) atoms. The highest BCUT2D eigenvalue weighted by Gasteiger charge is 2.50. The lowest BCUT2D eigenvalue weighted by molar-refractivity contribution is -0.155. The quantitative estimate of drug-likeness (QED) is 0.594. The molecule has 0 aliphatic carbocycles. The molecule has 2 aromatic carbocycles. The lowest BCUT2D eigenvalue weighted by Crippen LogP contribution is -2.60. The molecule has 7 heteroatoms. The highest BCUT2D eigenvalue weighted by Crippen LogP contribution is 2.46. The van der Waals surface area contributed by atoms with E-state index in [9.17, 15) is 14.7 Å². The zero-order valence-corrected chi connectivity index (χ0v) is 19.8. The summed E-state index contributed by atoms with van der Waals surface area (Å²) in [4.78, 5) is 27.9. The number of nitrogens with zero attached hydrogens (tertiary/aromatic N) is 1. The van der Waals surface area contributed by atoms with E-state index < -0.39 is 17.1 Å². The van der Waals surface area contributed by atoms with E-state index in [-0.39, 0.29) is 17.7 Å². The van der Waals surface area contributed by atoms with Crippen LogP contribution in [0, 0.1) is 11.3 Å². The molecule has 4 N–H and O–H groups in total. The molecule has 2 amide bonds. The maximum Gasteiger partial charge on any atom is 0.252 e. The van der Waals surface area contributed by atoms with Crippen molar-refractivity contribution in [1.82, 2.24) is 10.2 Å². The number of amides is 2. The summed E-state index contributed by atoms with van der Waals surface area (Å²) in [6, 6.07) is 13.2. The molecular weight excluding hydrogens is 426 g/mol. The second kappa shape index (κ2) is 9.12. The van der Waals surface area contributed by atoms with Gasteiger partial charge in [-0.05, 0) is 48.2 Å². The van der Waals surface area contributed by atoms with Crippen LogP contribution < -0.4 is 11.1 Å². The third-order valence-corrected chi connectivity index (χ3v) is 6.70. The molecule has 1 aliphatic rings. The van der Waals surface area contributed by atoms with Crippen LogP contribution in [-0.2, 0) is 10.4 Å². The number of hydrogen-bond acceptors (Lipinski definition) is 4. The number of carbonyl (C=O) groups excluding carboxylic acids is 2. The number of anilines is 1. The number of likely N-dealkylation sites (tertiary alicyclic amines) is 1. The number of nitrogens with one attached hydrogen (secondary N) is 1. The minimum Gasteiger partial charge on any atom is -0.399 e. The van der Waals surface area contributed by atoms with Gasteiger partial charge >= 0.3 is 0 Å². The van der Waals surface area contributed by atoms with Gasteiger partial charge in [-0.15, -0.1) is 0 Å². The molecule has 2 aromatic rings. The van der Waals surface area contributed by atoms with Crippen molar-refractivity contribution in [1.29, 1.82) is 0 Å². The van der Waals surface area contributed by atoms with Crippen LogP contribution in [-0.4, -0.2) is 41.0 Å². The maximum absolute atomic E-state index is 13.4. The second-order valence-electron chi connectivity index (χ2n) is 9.58. The van der Waals surface area contributed by atoms with Crippen LogP contribution in [0.2, 0.25) is 5.02 Å². The Morgan fingerprint density at radius 2 is 1.81 bits per heavy atom. The van der Waals surface area contributed by atoms with Crippen molar-refractivity contribution in [3.8, 4) is 0 Å². The predicted octanol–water partition coefficient (Wildman–Crippen LogP) is 3.82. The Kier molecular flexibility index (Phi) is 6.86. The number of halogens is 1. The number of nitrogens with two attached hydrogens (primary N) is 1. The number of aliphatic hydroxyl groups is 1. The summed E-state index contributed by atoms with van der Waals surface area (Å²) in [6.07, 6.45) is 0.390. The fraction of sp³-hybridized carbons (Fsp3) is 0.440. The molecule has 172 valence electrons. The van der Waals surface area contributed by atoms with Gasteiger partial charge in [-0.1, -0.05) is 57.5 Å². The van der Waals surface area contributed by atoms with E-state index in [1.54, 1.807) is 41.3 Å². The molecule has 6 nitrogen and oxygen atoms in total. The number of benzene rings is 2. The molecule has 1 fully saturated rings. The van der Waals surface area contributed by atoms with Gasteiger partial charge in [0.25, 0.3) is 5.91 Å². The van der Waals surface area contributed by atoms with Crippen molar-refractivity contribution in [2.75, 3.05) is 18.8 Å². The highest BCUT2D eigenvalue weighted by atomic mass is 35.5. The van der Waals surface area contributed by atoms with E-state index in [4.69, 9.17) is 17.3 Å². The Bertz CT molecular complexity index is 990. The molecular formula is C25H32ClN3O3. The Hall–Kier alpha value is -2.57. The Morgan fingerprint density at radius 1 is 1.16 bits per heavy atom. The van der Waals surface area contributed by atoms with Gasteiger partial charge in [0.15, 0.2) is 0 Å². The number of hydrogen-bond donors (Lipinski definition) is 3. The fourth-order valence-corrected chi connectivity index (χ4v) is 4.51. The average Bonchev–Trinajstić information content (AvgIpc) is 2.73. The first-order valence-corrected chi connectivity index (χ1v) is 11.3. The van der Waals surface area contributed by atoms with Gasteiger partial charge in [0.2, 0.25) is 5.91 Å². The number of rotatable bonds is 5. The lowest BCUT2D eigenvalue weighted by atomic mass is 9.66. The van der Waals surface area contributed by atoms with Gasteiger partial charge in [-0.2, -0.15) is 0 Å². The van der Waals surface area contributed by atoms with Crippen LogP contribution in [0.1, 0.15) is 50.0 Å². The maximum atomic E-state index is 13.4. The summed E-state index contributed by atoms with van der Waals surface area (Å²) in [6.45, 7) is 8.47. The largest absolute Gasteiger partial charge is 0.399 e. The van der Waals surface area contributed by atoms with Gasteiger partial charge in [0.05, 0.1) is 5.60 Å². The van der Waals surface area contributed by atoms with Crippen molar-refractivity contribution in [2.24, 2.45) is 11.3 Å². The molecule has 1 saturated heterocycles. The first-order chi connectivity index (χ1) is 14.9. The lowest BCUT2D eigenvalue weighted by Gasteiger charge is -2.51. The molecule has 0 spiro atoms. The third-order valence-electron chi connectivity index (χ3n) is 6.45. The van der Waals surface area contributed by atoms with Gasteiger partial charge in [-0.3, -0.25) is 9.59 Å². The summed E-state index contributed by atoms with van der Waals surface area (Å²) in [5.74, 6) is -0.588. The van der Waals surface area contributed by atoms with E-state index in [0.717, 1.165) is 5.56 Å². The Labute approximate surface area is 194 Å². The summed E-state index contributed by atoms with van der Waals surface area (Å²) in [5.41, 5.74) is 5.79. The third kappa shape index (κ3) is 4.76. The van der Waals surface area contributed by atoms with E-state index in [0.29, 0.717) is 35.8 Å². The van der Waals surface area contributed by atoms with Crippen LogP contribution in [0.15, 0.2) is 48.5 Å². The van der Waals surface area contributed by atoms with Crippen molar-refractivity contribution >= 4 is 29.1 Å². The van der Waals surface area contributed by atoms with Crippen molar-refractivity contribution < 1.29 is 14.7 Å². The van der Waals surface area contributed by atoms with Crippen LogP contribution in [0.4, 0.5) is 5.69 Å². The zero-order valence-electron chi connectivity index (χ0n) is 19.1. The molecule has 3 rings (SSSR count). The van der Waals surface area contributed by atoms with Crippen molar-refractivity contribution in [2.45, 2.75) is 45.8 Å². The Morgan fingerprint density at radius 3 is 2.38 bits per heavy atom. The summed E-state index contributed by atoms with van der Waals surface area (Å²) >= 11 is 6.01. The van der Waals surface area contributed by atoms with Crippen LogP contribution in [0.5, 0.6) is 0 Å². The minimum absolute atomic E-state index is 0.104. The number of carbonyl (C=O) groups is 2. The molecule has 0 aromatic heterocycles. The molecule has 0 radical (unpaired) electrons. The van der Waals surface area contributed by atoms with Crippen LogP contribution >= 0.6 is 11.6 Å². The number of piperidine rings is 1. The standard InChI is InChI=1S/C25H32ClN3O3/c1-16(2)21(28-22(30)17-6-5-7-20(27)14-17)23(31)29-13-12-25(32,24(3,4)15-29)18-8-10-19(26)11-9-18/h5-11,14,16,21,32H,12-13,15,27H2,1-4H3,(H,28,30)/t21-,25+/m1/s1. The van der Waals surface area contributed by atoms with Gasteiger partial charge in [-0.25, -0.2) is 0 Å². The topological polar surface area (TPSA) is 95.7 Å². The predicted molar refractivity (Wildman–Crippen MR) is 127 cm³/mol. The van der Waals surface area contributed by atoms with Crippen LogP contribution in [0.25, 0.3) is 0 Å². The van der Waals surface area contributed by atoms with Gasteiger partial charge in [0, 0.05) is 34.8 Å². The first kappa shape index (κ1) is 24.1. The molecule has 1 aliphatic heterocycles. The number of nitrogen functional groups attached to an aromatic ring is 1. The SMILES string of the molecule is CC(C)[C@@H](NC(=O)c1cccc(N)c1)C(=O)N1CC[C@](O)(c2ccc(Cl)cc2)C(C)(C)C1. The molecule has 2 atom stereocenters. The highest BCUT2D eigenvalue weighted by molar-refractivity contribution is 6.30. The summed E-state index contributed by atoms with van der Waals surface area (Å²) in [5, 5.41) is 15.1. The van der Waals surface area contributed by atoms with Gasteiger partial charge < -0.3 is 21.1 Å². The molecule has 1 heterocycles. The normalized spacial score (nSPS) is 21.3. The summed E-state index contributed by atoms with van der Waals surface area (Å²) < 4.78 is 0. The van der Waals surface area contributed by atoms with E-state index in [1.165, 1.54) is 0 Å². The zero-order chi connectivity index (χ0) is 23.7. The van der Waals surface area contributed by atoms with Crippen LogP contribution in [0.3, 0.4) is 0 Å². The van der Waals surface area contributed by atoms with Crippen molar-refractivity contribution in [3.05, 3.63) is 64.7 Å². The molecule has 0 unspecified atom stereocenters. The second-order valence-corrected chi connectivity index (χ2v) is 10.0. The monoisotopic (exact) mass is 457 g/mol. The fourth-order valence-electron chi connectivity index (χ4n) is 4.39. The van der Waals surface area contributed by atoms with Gasteiger partial charge in [0.1, 0.15) is 6.04 Å². The van der Waals surface area contributed by atoms with E-state index in [1.807, 2.05) is 39.8 Å². The summed E-state index contributed by atoms with van der Waals surface area (Å²) in [7, 11) is 0. The molecule has 0 bridgehead atoms. The van der Waals surface area contributed by atoms with Crippen molar-refractivity contribution in [3.63, 3.8) is 0 Å². The van der Waals surface area contributed by atoms with E-state index >= 15 is 0 Å². The molecule has 0 saturated carbocycles. The minimum atomic E-state index is -1.09.